The third-order valence-corrected chi connectivity index (χ3v) is 2.48. The van der Waals surface area contributed by atoms with Gasteiger partial charge in [-0.05, 0) is 24.3 Å². The molecule has 98 valence electrons. The predicted molar refractivity (Wildman–Crippen MR) is 61.6 cm³/mol. The van der Waals surface area contributed by atoms with Gasteiger partial charge in [0.2, 0.25) is 0 Å². The van der Waals surface area contributed by atoms with Crippen LogP contribution in [0.2, 0.25) is 0 Å². The zero-order valence-corrected chi connectivity index (χ0v) is 9.48. The summed E-state index contributed by atoms with van der Waals surface area (Å²) in [6, 6.07) is 8.73. The fourth-order valence-electron chi connectivity index (χ4n) is 1.54. The zero-order chi connectivity index (χ0) is 14.0. The molecular weight excluding hydrogens is 259 g/mol. The van der Waals surface area contributed by atoms with E-state index in [1.807, 2.05) is 0 Å². The van der Waals surface area contributed by atoms with Crippen molar-refractivity contribution in [3.63, 3.8) is 0 Å². The molecule has 0 aliphatic rings. The number of aromatic nitrogens is 1. The molecule has 0 atom stereocenters. The molecule has 0 saturated heterocycles. The molecule has 0 fully saturated rings. The molecule has 1 aromatic heterocycles. The minimum absolute atomic E-state index is 0.155. The highest BCUT2D eigenvalue weighted by Gasteiger charge is 2.30. The third-order valence-electron chi connectivity index (χ3n) is 2.48. The second-order valence-corrected chi connectivity index (χ2v) is 3.79. The summed E-state index contributed by atoms with van der Waals surface area (Å²) in [7, 11) is 0. The van der Waals surface area contributed by atoms with E-state index in [0.717, 1.165) is 12.1 Å². The predicted octanol–water partition coefficient (Wildman–Crippen LogP) is 3.47. The van der Waals surface area contributed by atoms with Gasteiger partial charge in [0.05, 0.1) is 11.3 Å². The van der Waals surface area contributed by atoms with Gasteiger partial charge in [-0.2, -0.15) is 13.2 Å². The first-order valence-electron chi connectivity index (χ1n) is 5.26. The van der Waals surface area contributed by atoms with E-state index < -0.39 is 17.7 Å². The number of halogens is 3. The lowest BCUT2D eigenvalue weighted by Crippen LogP contribution is -2.04. The van der Waals surface area contributed by atoms with Crippen molar-refractivity contribution in [1.29, 1.82) is 0 Å². The summed E-state index contributed by atoms with van der Waals surface area (Å²) in [6.07, 6.45) is -4.39. The van der Waals surface area contributed by atoms with Crippen molar-refractivity contribution in [2.24, 2.45) is 0 Å². The number of carbonyl (C=O) groups is 1. The van der Waals surface area contributed by atoms with Gasteiger partial charge in [-0.15, -0.1) is 0 Å². The highest BCUT2D eigenvalue weighted by Crippen LogP contribution is 2.30. The monoisotopic (exact) mass is 267 g/mol. The van der Waals surface area contributed by atoms with E-state index in [9.17, 15) is 18.0 Å². The lowest BCUT2D eigenvalue weighted by Gasteiger charge is -2.07. The van der Waals surface area contributed by atoms with Crippen molar-refractivity contribution in [2.75, 3.05) is 0 Å². The fraction of sp³-hybridized carbons (Fsp3) is 0.0769. The number of carboxylic acids is 1. The molecule has 1 heterocycles. The SMILES string of the molecule is O=C(O)c1cccc(-c2ccc(C(F)(F)F)cc2)n1. The Hall–Kier alpha value is -2.37. The average Bonchev–Trinajstić information content (AvgIpc) is 2.38. The lowest BCUT2D eigenvalue weighted by molar-refractivity contribution is -0.137. The van der Waals surface area contributed by atoms with Crippen LogP contribution in [0.5, 0.6) is 0 Å². The van der Waals surface area contributed by atoms with E-state index in [4.69, 9.17) is 5.11 Å². The van der Waals surface area contributed by atoms with E-state index in [0.29, 0.717) is 11.3 Å². The largest absolute Gasteiger partial charge is 0.477 e. The van der Waals surface area contributed by atoms with Crippen molar-refractivity contribution in [3.05, 3.63) is 53.7 Å². The van der Waals surface area contributed by atoms with Gasteiger partial charge < -0.3 is 5.11 Å². The van der Waals surface area contributed by atoms with Crippen LogP contribution in [-0.2, 0) is 6.18 Å². The van der Waals surface area contributed by atoms with Crippen LogP contribution in [0.3, 0.4) is 0 Å². The summed E-state index contributed by atoms with van der Waals surface area (Å²) in [6.45, 7) is 0. The number of hydrogen-bond donors (Lipinski definition) is 1. The maximum Gasteiger partial charge on any atom is 0.416 e. The Labute approximate surface area is 106 Å². The first-order valence-corrected chi connectivity index (χ1v) is 5.26. The number of alkyl halides is 3. The van der Waals surface area contributed by atoms with Gasteiger partial charge in [-0.25, -0.2) is 9.78 Å². The molecule has 3 nitrogen and oxygen atoms in total. The Morgan fingerprint density at radius 2 is 1.68 bits per heavy atom. The highest BCUT2D eigenvalue weighted by molar-refractivity contribution is 5.86. The number of carboxylic acid groups (broad SMARTS) is 1. The smallest absolute Gasteiger partial charge is 0.416 e. The normalized spacial score (nSPS) is 11.3. The van der Waals surface area contributed by atoms with Crippen LogP contribution >= 0.6 is 0 Å². The van der Waals surface area contributed by atoms with Crippen molar-refractivity contribution < 1.29 is 23.1 Å². The number of hydrogen-bond acceptors (Lipinski definition) is 2. The molecule has 0 spiro atoms. The van der Waals surface area contributed by atoms with Gasteiger partial charge in [0, 0.05) is 5.56 Å². The third kappa shape index (κ3) is 2.90. The Kier molecular flexibility index (Phi) is 3.25. The minimum atomic E-state index is -4.39. The van der Waals surface area contributed by atoms with Crippen LogP contribution in [0, 0.1) is 0 Å². The second-order valence-electron chi connectivity index (χ2n) is 3.79. The van der Waals surface area contributed by atoms with Crippen LogP contribution in [-0.4, -0.2) is 16.1 Å². The number of pyridine rings is 1. The Morgan fingerprint density at radius 3 is 2.21 bits per heavy atom. The van der Waals surface area contributed by atoms with Gasteiger partial charge in [-0.3, -0.25) is 0 Å². The van der Waals surface area contributed by atoms with Crippen molar-refractivity contribution in [2.45, 2.75) is 6.18 Å². The molecule has 0 radical (unpaired) electrons. The number of aromatic carboxylic acids is 1. The molecule has 0 aliphatic carbocycles. The van der Waals surface area contributed by atoms with Crippen LogP contribution in [0.25, 0.3) is 11.3 Å². The Balaban J connectivity index is 2.37. The molecule has 19 heavy (non-hydrogen) atoms. The molecule has 1 aromatic carbocycles. The lowest BCUT2D eigenvalue weighted by atomic mass is 10.1. The van der Waals surface area contributed by atoms with Gasteiger partial charge in [0.25, 0.3) is 0 Å². The van der Waals surface area contributed by atoms with E-state index in [-0.39, 0.29) is 5.69 Å². The summed E-state index contributed by atoms with van der Waals surface area (Å²) in [4.78, 5) is 14.6. The van der Waals surface area contributed by atoms with E-state index in [1.165, 1.54) is 30.3 Å². The van der Waals surface area contributed by atoms with Crippen LogP contribution in [0.15, 0.2) is 42.5 Å². The topological polar surface area (TPSA) is 50.2 Å². The maximum atomic E-state index is 12.4. The highest BCUT2D eigenvalue weighted by atomic mass is 19.4. The van der Waals surface area contributed by atoms with Crippen LogP contribution < -0.4 is 0 Å². The van der Waals surface area contributed by atoms with Crippen molar-refractivity contribution in [1.82, 2.24) is 4.98 Å². The first kappa shape index (κ1) is 13.1. The molecule has 1 N–H and O–H groups in total. The summed E-state index contributed by atoms with van der Waals surface area (Å²) >= 11 is 0. The summed E-state index contributed by atoms with van der Waals surface area (Å²) < 4.78 is 37.2. The van der Waals surface area contributed by atoms with Gasteiger partial charge >= 0.3 is 12.1 Å². The van der Waals surface area contributed by atoms with Crippen LogP contribution in [0.4, 0.5) is 13.2 Å². The number of benzene rings is 1. The van der Waals surface area contributed by atoms with Gasteiger partial charge in [0.15, 0.2) is 0 Å². The van der Waals surface area contributed by atoms with E-state index >= 15 is 0 Å². The zero-order valence-electron chi connectivity index (χ0n) is 9.48. The molecule has 2 aromatic rings. The molecule has 0 saturated carbocycles. The standard InChI is InChI=1S/C13H8F3NO2/c14-13(15,16)9-6-4-8(5-7-9)10-2-1-3-11(17-10)12(18)19/h1-7H,(H,18,19). The number of nitrogens with zero attached hydrogens (tertiary/aromatic N) is 1. The first-order chi connectivity index (χ1) is 8.88. The fourth-order valence-corrected chi connectivity index (χ4v) is 1.54. The van der Waals surface area contributed by atoms with E-state index in [2.05, 4.69) is 4.98 Å². The van der Waals surface area contributed by atoms with Gasteiger partial charge in [-0.1, -0.05) is 18.2 Å². The Bertz CT molecular complexity index is 606. The maximum absolute atomic E-state index is 12.4. The quantitative estimate of drug-likeness (QED) is 0.906. The molecule has 0 unspecified atom stereocenters. The molecule has 6 heteroatoms. The van der Waals surface area contributed by atoms with Crippen LogP contribution in [0.1, 0.15) is 16.1 Å². The second kappa shape index (κ2) is 4.72. The summed E-state index contributed by atoms with van der Waals surface area (Å²) in [5.74, 6) is -1.19. The average molecular weight is 267 g/mol. The molecule has 0 aliphatic heterocycles. The van der Waals surface area contributed by atoms with Gasteiger partial charge in [0.1, 0.15) is 5.69 Å². The molecule has 0 amide bonds. The van der Waals surface area contributed by atoms with E-state index in [1.54, 1.807) is 0 Å². The molecule has 2 rings (SSSR count). The molecular formula is C13H8F3NO2. The summed E-state index contributed by atoms with van der Waals surface area (Å²) in [5, 5.41) is 8.80. The molecule has 0 bridgehead atoms. The summed E-state index contributed by atoms with van der Waals surface area (Å²) in [5.41, 5.74) is -0.173. The Morgan fingerprint density at radius 1 is 1.05 bits per heavy atom. The number of rotatable bonds is 2. The van der Waals surface area contributed by atoms with Crippen molar-refractivity contribution >= 4 is 5.97 Å². The minimum Gasteiger partial charge on any atom is -0.477 e. The van der Waals surface area contributed by atoms with Crippen molar-refractivity contribution in [3.8, 4) is 11.3 Å².